The molecule has 19 heavy (non-hydrogen) atoms. The molecule has 0 unspecified atom stereocenters. The number of rotatable bonds is 2. The average molecular weight is 264 g/mol. The van der Waals surface area contributed by atoms with Crippen LogP contribution in [-0.2, 0) is 16.1 Å². The summed E-state index contributed by atoms with van der Waals surface area (Å²) in [5.74, 6) is -0.421. The van der Waals surface area contributed by atoms with Gasteiger partial charge in [-0.3, -0.25) is 9.59 Å². The highest BCUT2D eigenvalue weighted by Gasteiger charge is 2.20. The first-order valence-corrected chi connectivity index (χ1v) is 6.27. The van der Waals surface area contributed by atoms with Gasteiger partial charge in [-0.2, -0.15) is 0 Å². The smallest absolute Gasteiger partial charge is 0.242 e. The molecule has 0 radical (unpaired) electrons. The van der Waals surface area contributed by atoms with E-state index >= 15 is 0 Å². The molecule has 0 spiro atoms. The van der Waals surface area contributed by atoms with E-state index in [-0.39, 0.29) is 24.2 Å². The van der Waals surface area contributed by atoms with E-state index in [1.807, 2.05) is 0 Å². The Bertz CT molecular complexity index is 505. The Labute approximate surface area is 111 Å². The maximum atomic E-state index is 13.5. The van der Waals surface area contributed by atoms with Gasteiger partial charge in [0.1, 0.15) is 5.82 Å². The van der Waals surface area contributed by atoms with Gasteiger partial charge in [-0.25, -0.2) is 4.39 Å². The summed E-state index contributed by atoms with van der Waals surface area (Å²) in [6, 6.07) is 3.49. The number of nitrogens with zero attached hydrogens (tertiary/aromatic N) is 1. The quantitative estimate of drug-likeness (QED) is 0.875. The van der Waals surface area contributed by atoms with Crippen LogP contribution in [0.3, 0.4) is 0 Å². The molecule has 1 fully saturated rings. The van der Waals surface area contributed by atoms with Crippen LogP contribution < -0.4 is 5.32 Å². The fraction of sp³-hybridized carbons (Fsp3) is 0.429. The molecule has 0 saturated carbocycles. The first kappa shape index (κ1) is 13.5. The van der Waals surface area contributed by atoms with Gasteiger partial charge in [-0.15, -0.1) is 0 Å². The molecular formula is C14H17FN2O2. The van der Waals surface area contributed by atoms with Crippen molar-refractivity contribution in [1.29, 1.82) is 0 Å². The highest BCUT2D eigenvalue weighted by molar-refractivity contribution is 5.87. The molecule has 4 nitrogen and oxygen atoms in total. The monoisotopic (exact) mass is 264 g/mol. The van der Waals surface area contributed by atoms with Gasteiger partial charge < -0.3 is 10.2 Å². The SMILES string of the molecule is Cc1cc(CN2CCC(=O)NCC2=O)cc(C)c1F. The molecule has 102 valence electrons. The average Bonchev–Trinajstić information content (AvgIpc) is 2.51. The number of halogens is 1. The van der Waals surface area contributed by atoms with Crippen molar-refractivity contribution in [3.8, 4) is 0 Å². The van der Waals surface area contributed by atoms with Gasteiger partial charge >= 0.3 is 0 Å². The minimum atomic E-state index is -0.206. The first-order valence-electron chi connectivity index (χ1n) is 6.27. The lowest BCUT2D eigenvalue weighted by molar-refractivity contribution is -0.130. The summed E-state index contributed by atoms with van der Waals surface area (Å²) in [5.41, 5.74) is 2.04. The molecule has 1 heterocycles. The van der Waals surface area contributed by atoms with Crippen molar-refractivity contribution in [2.24, 2.45) is 0 Å². The summed E-state index contributed by atoms with van der Waals surface area (Å²) in [5, 5.41) is 2.55. The van der Waals surface area contributed by atoms with Crippen molar-refractivity contribution in [3.05, 3.63) is 34.6 Å². The highest BCUT2D eigenvalue weighted by Crippen LogP contribution is 2.16. The maximum absolute atomic E-state index is 13.5. The van der Waals surface area contributed by atoms with Gasteiger partial charge in [0.2, 0.25) is 11.8 Å². The summed E-state index contributed by atoms with van der Waals surface area (Å²) in [6.45, 7) is 4.27. The van der Waals surface area contributed by atoms with E-state index in [9.17, 15) is 14.0 Å². The van der Waals surface area contributed by atoms with Crippen molar-refractivity contribution >= 4 is 11.8 Å². The number of hydrogen-bond donors (Lipinski definition) is 1. The van der Waals surface area contributed by atoms with Crippen LogP contribution in [0.25, 0.3) is 0 Å². The molecule has 1 aliphatic rings. The normalized spacial score (nSPS) is 16.3. The molecule has 0 bridgehead atoms. The van der Waals surface area contributed by atoms with Crippen LogP contribution in [-0.4, -0.2) is 29.8 Å². The number of amides is 2. The second kappa shape index (κ2) is 5.38. The minimum absolute atomic E-state index is 0.0397. The second-order valence-electron chi connectivity index (χ2n) is 4.89. The van der Waals surface area contributed by atoms with E-state index in [0.29, 0.717) is 30.6 Å². The van der Waals surface area contributed by atoms with E-state index in [1.165, 1.54) is 0 Å². The van der Waals surface area contributed by atoms with E-state index < -0.39 is 0 Å². The molecule has 0 aromatic heterocycles. The summed E-state index contributed by atoms with van der Waals surface area (Å²) in [6.07, 6.45) is 0.310. The van der Waals surface area contributed by atoms with Gasteiger partial charge in [0, 0.05) is 19.5 Å². The van der Waals surface area contributed by atoms with E-state index in [2.05, 4.69) is 5.32 Å². The second-order valence-corrected chi connectivity index (χ2v) is 4.89. The van der Waals surface area contributed by atoms with Crippen LogP contribution in [0.2, 0.25) is 0 Å². The van der Waals surface area contributed by atoms with Crippen LogP contribution in [0.15, 0.2) is 12.1 Å². The number of carbonyl (C=O) groups excluding carboxylic acids is 2. The molecule has 2 amide bonds. The van der Waals surface area contributed by atoms with Crippen molar-refractivity contribution in [1.82, 2.24) is 10.2 Å². The third kappa shape index (κ3) is 3.10. The Balaban J connectivity index is 2.16. The highest BCUT2D eigenvalue weighted by atomic mass is 19.1. The van der Waals surface area contributed by atoms with Crippen molar-refractivity contribution in [2.75, 3.05) is 13.1 Å². The van der Waals surface area contributed by atoms with E-state index in [1.54, 1.807) is 30.9 Å². The Hall–Kier alpha value is -1.91. The van der Waals surface area contributed by atoms with Gasteiger partial charge in [0.25, 0.3) is 0 Å². The predicted molar refractivity (Wildman–Crippen MR) is 68.9 cm³/mol. The van der Waals surface area contributed by atoms with E-state index in [4.69, 9.17) is 0 Å². The zero-order valence-corrected chi connectivity index (χ0v) is 11.1. The molecule has 1 aromatic carbocycles. The third-order valence-electron chi connectivity index (χ3n) is 3.27. The van der Waals surface area contributed by atoms with E-state index in [0.717, 1.165) is 5.56 Å². The van der Waals surface area contributed by atoms with Crippen molar-refractivity contribution in [2.45, 2.75) is 26.8 Å². The van der Waals surface area contributed by atoms with Crippen LogP contribution in [0, 0.1) is 19.7 Å². The molecule has 1 aliphatic heterocycles. The molecule has 1 N–H and O–H groups in total. The number of benzene rings is 1. The third-order valence-corrected chi connectivity index (χ3v) is 3.27. The molecular weight excluding hydrogens is 247 g/mol. The number of hydrogen-bond acceptors (Lipinski definition) is 2. The summed E-state index contributed by atoms with van der Waals surface area (Å²) in [7, 11) is 0. The zero-order valence-electron chi connectivity index (χ0n) is 11.1. The molecule has 0 aliphatic carbocycles. The molecule has 5 heteroatoms. The zero-order chi connectivity index (χ0) is 14.0. The summed E-state index contributed by atoms with van der Waals surface area (Å²) >= 11 is 0. The van der Waals surface area contributed by atoms with Gasteiger partial charge in [0.05, 0.1) is 6.54 Å². The molecule has 1 aromatic rings. The van der Waals surface area contributed by atoms with Crippen molar-refractivity contribution < 1.29 is 14.0 Å². The standard InChI is InChI=1S/C14H17FN2O2/c1-9-5-11(6-10(2)14(9)15)8-17-4-3-12(18)16-7-13(17)19/h5-6H,3-4,7-8H2,1-2H3,(H,16,18). The Kier molecular flexibility index (Phi) is 3.83. The Morgan fingerprint density at radius 3 is 2.53 bits per heavy atom. The lowest BCUT2D eigenvalue weighted by Gasteiger charge is -2.20. The summed E-state index contributed by atoms with van der Waals surface area (Å²) in [4.78, 5) is 24.7. The van der Waals surface area contributed by atoms with Crippen LogP contribution in [0.1, 0.15) is 23.1 Å². The summed E-state index contributed by atoms with van der Waals surface area (Å²) < 4.78 is 13.5. The van der Waals surface area contributed by atoms with Crippen LogP contribution in [0.4, 0.5) is 4.39 Å². The largest absolute Gasteiger partial charge is 0.347 e. The molecule has 1 saturated heterocycles. The maximum Gasteiger partial charge on any atom is 0.242 e. The number of aryl methyl sites for hydroxylation is 2. The Morgan fingerprint density at radius 1 is 1.26 bits per heavy atom. The fourth-order valence-corrected chi connectivity index (χ4v) is 2.25. The first-order chi connectivity index (χ1) is 8.97. The molecule has 2 rings (SSSR count). The van der Waals surface area contributed by atoms with Crippen molar-refractivity contribution in [3.63, 3.8) is 0 Å². The number of nitrogens with one attached hydrogen (secondary N) is 1. The lowest BCUT2D eigenvalue weighted by atomic mass is 10.1. The van der Waals surface area contributed by atoms with Gasteiger partial charge in [0.15, 0.2) is 0 Å². The van der Waals surface area contributed by atoms with Crippen LogP contribution in [0.5, 0.6) is 0 Å². The van der Waals surface area contributed by atoms with Gasteiger partial charge in [-0.1, -0.05) is 12.1 Å². The predicted octanol–water partition coefficient (Wildman–Crippen LogP) is 1.29. The van der Waals surface area contributed by atoms with Crippen LogP contribution >= 0.6 is 0 Å². The minimum Gasteiger partial charge on any atom is -0.347 e. The molecule has 0 atom stereocenters. The Morgan fingerprint density at radius 2 is 1.89 bits per heavy atom. The number of carbonyl (C=O) groups is 2. The topological polar surface area (TPSA) is 49.4 Å². The fourth-order valence-electron chi connectivity index (χ4n) is 2.25. The lowest BCUT2D eigenvalue weighted by Crippen LogP contribution is -2.34. The van der Waals surface area contributed by atoms with Gasteiger partial charge in [-0.05, 0) is 30.5 Å².